The summed E-state index contributed by atoms with van der Waals surface area (Å²) in [5, 5.41) is 10.5. The van der Waals surface area contributed by atoms with Crippen molar-refractivity contribution in [3.05, 3.63) is 56.8 Å². The summed E-state index contributed by atoms with van der Waals surface area (Å²) in [6.07, 6.45) is 9.89. The molecule has 1 saturated carbocycles. The molecule has 1 aromatic carbocycles. The van der Waals surface area contributed by atoms with E-state index in [4.69, 9.17) is 0 Å². The van der Waals surface area contributed by atoms with Crippen molar-refractivity contribution in [3.8, 4) is 5.75 Å². The third-order valence-corrected chi connectivity index (χ3v) is 7.91. The minimum Gasteiger partial charge on any atom is -0.501 e. The zero-order valence-electron chi connectivity index (χ0n) is 19.2. The van der Waals surface area contributed by atoms with E-state index in [0.717, 1.165) is 32.1 Å². The fraction of sp³-hybridized carbons (Fsp3) is 0.577. The average molecular weight is 436 g/mol. The number of benzene rings is 1. The highest BCUT2D eigenvalue weighted by Gasteiger charge is 2.39. The van der Waals surface area contributed by atoms with E-state index >= 15 is 0 Å². The Morgan fingerprint density at radius 2 is 1.75 bits per heavy atom. The molecule has 3 aliphatic rings. The summed E-state index contributed by atoms with van der Waals surface area (Å²) >= 11 is 0. The summed E-state index contributed by atoms with van der Waals surface area (Å²) in [6, 6.07) is 7.01. The maximum Gasteiger partial charge on any atom is 0.315 e. The molecule has 32 heavy (non-hydrogen) atoms. The first kappa shape index (κ1) is 21.2. The van der Waals surface area contributed by atoms with E-state index in [9.17, 15) is 14.7 Å². The number of amides is 1. The number of nitrogens with zero attached hydrogens (tertiary/aromatic N) is 3. The van der Waals surface area contributed by atoms with Gasteiger partial charge in [-0.25, -0.2) is 0 Å². The topological polar surface area (TPSA) is 75.4 Å². The van der Waals surface area contributed by atoms with Gasteiger partial charge < -0.3 is 14.6 Å². The number of fused-ring (bicyclic) bond motifs is 2. The van der Waals surface area contributed by atoms with Crippen LogP contribution in [0.15, 0.2) is 23.0 Å². The number of carbonyl (C=O) groups excluding carboxylic acids is 1. The molecule has 0 radical (unpaired) electrons. The van der Waals surface area contributed by atoms with Crippen molar-refractivity contribution in [1.29, 1.82) is 0 Å². The second kappa shape index (κ2) is 8.05. The molecule has 1 aromatic heterocycles. The summed E-state index contributed by atoms with van der Waals surface area (Å²) in [5.41, 5.74) is 3.65. The molecule has 0 saturated heterocycles. The molecule has 0 atom stereocenters. The smallest absolute Gasteiger partial charge is 0.315 e. The standard InChI is InChI=1S/C26H33N3O3/c1-17(2)28-13-14-29-21(27-24(31)23(30)22(29)25(28)32)16-26(11-5-6-12-26)20-10-9-18-7-3-4-8-19(18)15-20/h9-10,15,17,30H,3-8,11-14,16H2,1-2H3. The molecule has 1 aliphatic heterocycles. The molecule has 1 fully saturated rings. The Balaban J connectivity index is 1.57. The Bertz CT molecular complexity index is 1110. The van der Waals surface area contributed by atoms with Gasteiger partial charge in [0.2, 0.25) is 5.75 Å². The van der Waals surface area contributed by atoms with E-state index in [1.807, 2.05) is 18.4 Å². The van der Waals surface area contributed by atoms with Gasteiger partial charge in [-0.3, -0.25) is 9.59 Å². The molecule has 2 aliphatic carbocycles. The normalized spacial score (nSPS) is 19.8. The Morgan fingerprint density at radius 1 is 1.03 bits per heavy atom. The first-order valence-corrected chi connectivity index (χ1v) is 12.2. The van der Waals surface area contributed by atoms with Gasteiger partial charge in [0.25, 0.3) is 5.91 Å². The molecule has 1 amide bonds. The van der Waals surface area contributed by atoms with E-state index in [2.05, 4.69) is 23.2 Å². The predicted molar refractivity (Wildman–Crippen MR) is 123 cm³/mol. The maximum absolute atomic E-state index is 13.1. The SMILES string of the molecule is CC(C)N1CCn2c(CC3(c4ccc5c(c4)CCCC5)CCCC3)nc(=O)c(O)c2C1=O. The molecule has 0 bridgehead atoms. The minimum atomic E-state index is -0.691. The van der Waals surface area contributed by atoms with E-state index in [1.54, 1.807) is 4.90 Å². The maximum atomic E-state index is 13.1. The van der Waals surface area contributed by atoms with E-state index in [1.165, 1.54) is 36.0 Å². The molecule has 0 unspecified atom stereocenters. The van der Waals surface area contributed by atoms with Gasteiger partial charge in [0.05, 0.1) is 0 Å². The summed E-state index contributed by atoms with van der Waals surface area (Å²) in [4.78, 5) is 31.7. The number of aromatic hydroxyl groups is 1. The summed E-state index contributed by atoms with van der Waals surface area (Å²) in [6.45, 7) is 5.02. The highest BCUT2D eigenvalue weighted by atomic mass is 16.3. The fourth-order valence-corrected chi connectivity index (χ4v) is 6.10. The lowest BCUT2D eigenvalue weighted by atomic mass is 9.74. The predicted octanol–water partition coefficient (Wildman–Crippen LogP) is 3.75. The first-order chi connectivity index (χ1) is 15.4. The Morgan fingerprint density at radius 3 is 2.47 bits per heavy atom. The van der Waals surface area contributed by atoms with E-state index in [-0.39, 0.29) is 23.1 Å². The van der Waals surface area contributed by atoms with Crippen molar-refractivity contribution in [1.82, 2.24) is 14.5 Å². The van der Waals surface area contributed by atoms with Crippen LogP contribution in [0.4, 0.5) is 0 Å². The van der Waals surface area contributed by atoms with E-state index in [0.29, 0.717) is 25.3 Å². The molecule has 6 heteroatoms. The Hall–Kier alpha value is -2.63. The summed E-state index contributed by atoms with van der Waals surface area (Å²) < 4.78 is 1.82. The summed E-state index contributed by atoms with van der Waals surface area (Å²) in [5.74, 6) is -0.156. The Labute approximate surface area is 189 Å². The van der Waals surface area contributed by atoms with Crippen molar-refractivity contribution in [2.75, 3.05) is 6.54 Å². The molecule has 0 spiro atoms. The van der Waals surface area contributed by atoms with Crippen LogP contribution in [-0.4, -0.2) is 38.1 Å². The third kappa shape index (κ3) is 3.44. The van der Waals surface area contributed by atoms with Gasteiger partial charge in [-0.1, -0.05) is 31.0 Å². The largest absolute Gasteiger partial charge is 0.501 e. The van der Waals surface area contributed by atoms with Crippen molar-refractivity contribution < 1.29 is 9.90 Å². The zero-order chi connectivity index (χ0) is 22.5. The molecule has 6 nitrogen and oxygen atoms in total. The molecular formula is C26H33N3O3. The molecule has 2 heterocycles. The number of aryl methyl sites for hydroxylation is 2. The number of rotatable bonds is 4. The zero-order valence-corrected chi connectivity index (χ0v) is 19.2. The van der Waals surface area contributed by atoms with Crippen LogP contribution in [0.3, 0.4) is 0 Å². The lowest BCUT2D eigenvalue weighted by Gasteiger charge is -2.36. The highest BCUT2D eigenvalue weighted by molar-refractivity contribution is 5.95. The third-order valence-electron chi connectivity index (χ3n) is 7.91. The van der Waals surface area contributed by atoms with Crippen LogP contribution in [0, 0.1) is 0 Å². The quantitative estimate of drug-likeness (QED) is 0.794. The van der Waals surface area contributed by atoms with Gasteiger partial charge in [0, 0.05) is 31.0 Å². The minimum absolute atomic E-state index is 0.0130. The van der Waals surface area contributed by atoms with Crippen LogP contribution >= 0.6 is 0 Å². The highest BCUT2D eigenvalue weighted by Crippen LogP contribution is 2.44. The number of carbonyl (C=O) groups is 1. The van der Waals surface area contributed by atoms with Gasteiger partial charge in [-0.15, -0.1) is 0 Å². The second-order valence-corrected chi connectivity index (χ2v) is 10.1. The van der Waals surface area contributed by atoms with Crippen LogP contribution in [0.5, 0.6) is 5.75 Å². The van der Waals surface area contributed by atoms with Gasteiger partial charge in [0.15, 0.2) is 5.69 Å². The molecule has 2 aromatic rings. The fourth-order valence-electron chi connectivity index (χ4n) is 6.10. The van der Waals surface area contributed by atoms with Gasteiger partial charge in [-0.05, 0) is 69.1 Å². The van der Waals surface area contributed by atoms with Crippen LogP contribution in [0.1, 0.15) is 85.4 Å². The molecule has 5 rings (SSSR count). The first-order valence-electron chi connectivity index (χ1n) is 12.2. The van der Waals surface area contributed by atoms with Crippen LogP contribution < -0.4 is 5.56 Å². The van der Waals surface area contributed by atoms with Crippen molar-refractivity contribution in [2.24, 2.45) is 0 Å². The summed E-state index contributed by atoms with van der Waals surface area (Å²) in [7, 11) is 0. The molecule has 1 N–H and O–H groups in total. The van der Waals surface area contributed by atoms with E-state index < -0.39 is 11.3 Å². The molecule has 170 valence electrons. The van der Waals surface area contributed by atoms with Crippen molar-refractivity contribution in [3.63, 3.8) is 0 Å². The number of hydrogen-bond acceptors (Lipinski definition) is 4. The van der Waals surface area contributed by atoms with Gasteiger partial charge >= 0.3 is 5.56 Å². The van der Waals surface area contributed by atoms with Gasteiger partial charge in [0.1, 0.15) is 5.82 Å². The lowest BCUT2D eigenvalue weighted by Crippen LogP contribution is -2.46. The second-order valence-electron chi connectivity index (χ2n) is 10.1. The molecular weight excluding hydrogens is 402 g/mol. The monoisotopic (exact) mass is 435 g/mol. The van der Waals surface area contributed by atoms with Gasteiger partial charge in [-0.2, -0.15) is 4.98 Å². The lowest BCUT2D eigenvalue weighted by molar-refractivity contribution is 0.0636. The van der Waals surface area contributed by atoms with Crippen LogP contribution in [0.25, 0.3) is 0 Å². The van der Waals surface area contributed by atoms with Crippen molar-refractivity contribution >= 4 is 5.91 Å². The Kier molecular flexibility index (Phi) is 5.34. The van der Waals surface area contributed by atoms with Crippen LogP contribution in [-0.2, 0) is 31.2 Å². The van der Waals surface area contributed by atoms with Crippen molar-refractivity contribution in [2.45, 2.75) is 89.6 Å². The number of hydrogen-bond donors (Lipinski definition) is 1. The average Bonchev–Trinajstić information content (AvgIpc) is 3.26. The number of aromatic nitrogens is 2. The van der Waals surface area contributed by atoms with Crippen LogP contribution in [0.2, 0.25) is 0 Å².